The molecule has 0 radical (unpaired) electrons. The molecule has 1 heterocycles. The summed E-state index contributed by atoms with van der Waals surface area (Å²) in [6, 6.07) is 4.29. The molecule has 0 saturated carbocycles. The molecule has 0 aliphatic carbocycles. The number of nitrogens with zero attached hydrogens (tertiary/aromatic N) is 4. The SMILES string of the molecule is COc1ccc([N+](=O)[O-])cc1-n1nnc(CN)c1C. The maximum absolute atomic E-state index is 10.8. The van der Waals surface area contributed by atoms with E-state index in [4.69, 9.17) is 10.5 Å². The molecule has 0 aliphatic rings. The summed E-state index contributed by atoms with van der Waals surface area (Å²) in [6.45, 7) is 2.05. The van der Waals surface area contributed by atoms with Crippen LogP contribution < -0.4 is 10.5 Å². The Morgan fingerprint density at radius 1 is 1.53 bits per heavy atom. The summed E-state index contributed by atoms with van der Waals surface area (Å²) in [5.74, 6) is 0.474. The molecule has 0 unspecified atom stereocenters. The number of hydrogen-bond donors (Lipinski definition) is 1. The molecule has 1 aromatic heterocycles. The number of benzene rings is 1. The van der Waals surface area contributed by atoms with E-state index < -0.39 is 4.92 Å². The van der Waals surface area contributed by atoms with Crippen LogP contribution >= 0.6 is 0 Å². The van der Waals surface area contributed by atoms with Gasteiger partial charge in [0, 0.05) is 18.7 Å². The van der Waals surface area contributed by atoms with Crippen LogP contribution in [0.15, 0.2) is 18.2 Å². The molecule has 0 amide bonds. The van der Waals surface area contributed by atoms with Crippen LogP contribution in [0.1, 0.15) is 11.4 Å². The van der Waals surface area contributed by atoms with Crippen LogP contribution in [0.4, 0.5) is 5.69 Å². The number of nitrogens with two attached hydrogens (primary N) is 1. The van der Waals surface area contributed by atoms with Gasteiger partial charge in [-0.1, -0.05) is 5.21 Å². The van der Waals surface area contributed by atoms with E-state index in [0.717, 1.165) is 5.69 Å². The lowest BCUT2D eigenvalue weighted by Gasteiger charge is -2.09. The molecule has 2 aromatic rings. The van der Waals surface area contributed by atoms with Crippen LogP contribution in [0.2, 0.25) is 0 Å². The van der Waals surface area contributed by atoms with Crippen molar-refractivity contribution in [2.24, 2.45) is 5.73 Å². The van der Waals surface area contributed by atoms with Crippen LogP contribution in [0, 0.1) is 17.0 Å². The summed E-state index contributed by atoms with van der Waals surface area (Å²) in [6.07, 6.45) is 0. The van der Waals surface area contributed by atoms with Gasteiger partial charge in [0.2, 0.25) is 0 Å². The first kappa shape index (κ1) is 13.0. The molecular formula is C11H13N5O3. The number of aromatic nitrogens is 3. The fraction of sp³-hybridized carbons (Fsp3) is 0.273. The molecule has 0 fully saturated rings. The monoisotopic (exact) mass is 263 g/mol. The number of hydrogen-bond acceptors (Lipinski definition) is 6. The fourth-order valence-electron chi connectivity index (χ4n) is 1.74. The van der Waals surface area contributed by atoms with E-state index in [-0.39, 0.29) is 12.2 Å². The number of nitro benzene ring substituents is 1. The van der Waals surface area contributed by atoms with Gasteiger partial charge in [-0.3, -0.25) is 10.1 Å². The van der Waals surface area contributed by atoms with Crippen molar-refractivity contribution in [3.8, 4) is 11.4 Å². The highest BCUT2D eigenvalue weighted by Gasteiger charge is 2.16. The van der Waals surface area contributed by atoms with Crippen LogP contribution in [-0.2, 0) is 6.54 Å². The molecule has 0 aliphatic heterocycles. The second kappa shape index (κ2) is 5.02. The Bertz CT molecular complexity index is 623. The Balaban J connectivity index is 2.61. The number of non-ortho nitro benzene ring substituents is 1. The Labute approximate surface area is 108 Å². The number of methoxy groups -OCH3 is 1. The van der Waals surface area contributed by atoms with E-state index in [1.807, 2.05) is 0 Å². The van der Waals surface area contributed by atoms with E-state index in [9.17, 15) is 10.1 Å². The second-order valence-corrected chi connectivity index (χ2v) is 3.85. The molecule has 8 heteroatoms. The molecule has 100 valence electrons. The minimum atomic E-state index is -0.473. The highest BCUT2D eigenvalue weighted by atomic mass is 16.6. The highest BCUT2D eigenvalue weighted by molar-refractivity contribution is 5.53. The molecule has 1 aromatic carbocycles. The molecular weight excluding hydrogens is 250 g/mol. The average molecular weight is 263 g/mol. The van der Waals surface area contributed by atoms with Crippen LogP contribution in [0.25, 0.3) is 5.69 Å². The first-order valence-corrected chi connectivity index (χ1v) is 5.52. The maximum atomic E-state index is 10.8. The quantitative estimate of drug-likeness (QED) is 0.649. The van der Waals surface area contributed by atoms with Crippen molar-refractivity contribution in [3.05, 3.63) is 39.7 Å². The van der Waals surface area contributed by atoms with Gasteiger partial charge in [-0.2, -0.15) is 0 Å². The van der Waals surface area contributed by atoms with Gasteiger partial charge in [0.05, 0.1) is 23.4 Å². The van der Waals surface area contributed by atoms with Crippen molar-refractivity contribution in [2.75, 3.05) is 7.11 Å². The number of ether oxygens (including phenoxy) is 1. The van der Waals surface area contributed by atoms with Gasteiger partial charge in [0.25, 0.3) is 5.69 Å². The molecule has 0 bridgehead atoms. The molecule has 19 heavy (non-hydrogen) atoms. The van der Waals surface area contributed by atoms with Crippen LogP contribution in [0.3, 0.4) is 0 Å². The molecule has 0 spiro atoms. The zero-order chi connectivity index (χ0) is 14.0. The van der Waals surface area contributed by atoms with Gasteiger partial charge >= 0.3 is 0 Å². The van der Waals surface area contributed by atoms with Crippen molar-refractivity contribution in [2.45, 2.75) is 13.5 Å². The molecule has 8 nitrogen and oxygen atoms in total. The largest absolute Gasteiger partial charge is 0.494 e. The first-order chi connectivity index (χ1) is 9.08. The molecule has 2 rings (SSSR count). The smallest absolute Gasteiger partial charge is 0.271 e. The van der Waals surface area contributed by atoms with Gasteiger partial charge in [-0.15, -0.1) is 5.10 Å². The Morgan fingerprint density at radius 3 is 2.79 bits per heavy atom. The Hall–Kier alpha value is -2.48. The van der Waals surface area contributed by atoms with E-state index >= 15 is 0 Å². The van der Waals surface area contributed by atoms with E-state index in [1.165, 1.54) is 30.0 Å². The Kier molecular flexibility index (Phi) is 3.43. The maximum Gasteiger partial charge on any atom is 0.271 e. The summed E-state index contributed by atoms with van der Waals surface area (Å²) in [7, 11) is 1.49. The summed E-state index contributed by atoms with van der Waals surface area (Å²) in [5, 5.41) is 18.7. The average Bonchev–Trinajstić information content (AvgIpc) is 2.78. The van der Waals surface area contributed by atoms with E-state index in [0.29, 0.717) is 17.1 Å². The topological polar surface area (TPSA) is 109 Å². The third-order valence-electron chi connectivity index (χ3n) is 2.79. The van der Waals surface area contributed by atoms with Crippen LogP contribution in [0.5, 0.6) is 5.75 Å². The number of nitro groups is 1. The predicted octanol–water partition coefficient (Wildman–Crippen LogP) is 0.951. The van der Waals surface area contributed by atoms with Crippen molar-refractivity contribution in [1.29, 1.82) is 0 Å². The molecule has 2 N–H and O–H groups in total. The standard InChI is InChI=1S/C11H13N5O3/c1-7-9(6-12)13-14-15(7)10-5-8(16(17)18)3-4-11(10)19-2/h3-5H,6,12H2,1-2H3. The van der Waals surface area contributed by atoms with Crippen molar-refractivity contribution >= 4 is 5.69 Å². The van der Waals surface area contributed by atoms with Crippen molar-refractivity contribution in [3.63, 3.8) is 0 Å². The van der Waals surface area contributed by atoms with Gasteiger partial charge in [0.15, 0.2) is 0 Å². The summed E-state index contributed by atoms with van der Waals surface area (Å²) in [5.41, 5.74) is 7.31. The van der Waals surface area contributed by atoms with E-state index in [1.54, 1.807) is 6.92 Å². The molecule has 0 atom stereocenters. The number of rotatable bonds is 4. The summed E-state index contributed by atoms with van der Waals surface area (Å²) in [4.78, 5) is 10.4. The van der Waals surface area contributed by atoms with Gasteiger partial charge in [-0.25, -0.2) is 4.68 Å². The first-order valence-electron chi connectivity index (χ1n) is 5.52. The highest BCUT2D eigenvalue weighted by Crippen LogP contribution is 2.28. The zero-order valence-electron chi connectivity index (χ0n) is 10.5. The van der Waals surface area contributed by atoms with Crippen molar-refractivity contribution < 1.29 is 9.66 Å². The van der Waals surface area contributed by atoms with Gasteiger partial charge in [-0.05, 0) is 13.0 Å². The fourth-order valence-corrected chi connectivity index (χ4v) is 1.74. The third-order valence-corrected chi connectivity index (χ3v) is 2.79. The second-order valence-electron chi connectivity index (χ2n) is 3.85. The zero-order valence-corrected chi connectivity index (χ0v) is 10.5. The Morgan fingerprint density at radius 2 is 2.26 bits per heavy atom. The summed E-state index contributed by atoms with van der Waals surface area (Å²) >= 11 is 0. The van der Waals surface area contributed by atoms with E-state index in [2.05, 4.69) is 10.3 Å². The summed E-state index contributed by atoms with van der Waals surface area (Å²) < 4.78 is 6.67. The van der Waals surface area contributed by atoms with Gasteiger partial charge < -0.3 is 10.5 Å². The normalized spacial score (nSPS) is 10.5. The minimum absolute atomic E-state index is 0.0417. The lowest BCUT2D eigenvalue weighted by Crippen LogP contribution is -2.04. The lowest BCUT2D eigenvalue weighted by atomic mass is 10.2. The van der Waals surface area contributed by atoms with Crippen molar-refractivity contribution in [1.82, 2.24) is 15.0 Å². The molecule has 0 saturated heterocycles. The van der Waals surface area contributed by atoms with Crippen LogP contribution in [-0.4, -0.2) is 27.0 Å². The minimum Gasteiger partial charge on any atom is -0.494 e. The lowest BCUT2D eigenvalue weighted by molar-refractivity contribution is -0.384. The van der Waals surface area contributed by atoms with Gasteiger partial charge in [0.1, 0.15) is 11.4 Å². The third kappa shape index (κ3) is 2.25. The predicted molar refractivity (Wildman–Crippen MR) is 67.2 cm³/mol.